The molecule has 180 valence electrons. The van der Waals surface area contributed by atoms with Crippen LogP contribution in [0.4, 0.5) is 0 Å². The van der Waals surface area contributed by atoms with Gasteiger partial charge in [0.25, 0.3) is 0 Å². The monoisotopic (exact) mass is 439 g/mol. The van der Waals surface area contributed by atoms with Gasteiger partial charge in [-0.3, -0.25) is 0 Å². The molecule has 0 N–H and O–H groups in total. The van der Waals surface area contributed by atoms with Crippen LogP contribution in [0, 0.1) is 52.3 Å². The zero-order valence-corrected chi connectivity index (χ0v) is 21.8. The van der Waals surface area contributed by atoms with Crippen LogP contribution in [0.5, 0.6) is 0 Å². The van der Waals surface area contributed by atoms with E-state index in [0.717, 1.165) is 54.3 Å². The van der Waals surface area contributed by atoms with Gasteiger partial charge in [0.2, 0.25) is 0 Å². The minimum absolute atomic E-state index is 0.194. The predicted octanol–water partition coefficient (Wildman–Crippen LogP) is 9.34. The van der Waals surface area contributed by atoms with E-state index in [1.165, 1.54) is 57.8 Å². The molecular formula is C29H49N3. The average Bonchev–Trinajstić information content (AvgIpc) is 3.11. The highest BCUT2D eigenvalue weighted by Crippen LogP contribution is 2.67. The van der Waals surface area contributed by atoms with E-state index in [0.29, 0.717) is 10.8 Å². The number of hydrogen-bond acceptors (Lipinski definition) is 1. The second-order valence-corrected chi connectivity index (χ2v) is 13.1. The van der Waals surface area contributed by atoms with Gasteiger partial charge in [-0.05, 0) is 116 Å². The molecule has 9 atom stereocenters. The van der Waals surface area contributed by atoms with Crippen molar-refractivity contribution < 1.29 is 0 Å². The molecule has 3 heteroatoms. The standard InChI is InChI=1S/C29H49N3/c1-7-21(19(2)3)9-8-20(4)25-12-13-26-24-11-10-22-18-23(31-32-30)14-16-28(22,5)27(24)15-17-29(25,26)6/h10,19-21,23-27H,7-9,11-18H2,1-6H3/t20-,21-,23+,24+,25?,26+,27?,28?,29?/m1/s1. The summed E-state index contributed by atoms with van der Waals surface area (Å²) in [7, 11) is 0. The van der Waals surface area contributed by atoms with E-state index in [4.69, 9.17) is 5.53 Å². The van der Waals surface area contributed by atoms with Crippen LogP contribution in [-0.4, -0.2) is 6.04 Å². The smallest absolute Gasteiger partial charge is 0.0411 e. The molecule has 4 unspecified atom stereocenters. The van der Waals surface area contributed by atoms with Gasteiger partial charge in [0.05, 0.1) is 0 Å². The molecular weight excluding hydrogens is 390 g/mol. The van der Waals surface area contributed by atoms with Crippen LogP contribution in [-0.2, 0) is 0 Å². The summed E-state index contributed by atoms with van der Waals surface area (Å²) in [5, 5.41) is 4.09. The molecule has 0 heterocycles. The summed E-state index contributed by atoms with van der Waals surface area (Å²) in [5.74, 6) is 6.19. The highest BCUT2D eigenvalue weighted by atomic mass is 15.1. The number of fused-ring (bicyclic) bond motifs is 5. The SMILES string of the molecule is CC[C@H](CC[C@@H](C)C1CC[C@H]2[C@@H]3CC=C4C[C@@H](N=[N+]=[N-])CCC4(C)C3CCC12C)C(C)C. The zero-order valence-electron chi connectivity index (χ0n) is 21.8. The molecule has 0 aromatic carbocycles. The van der Waals surface area contributed by atoms with E-state index in [9.17, 15) is 0 Å². The molecule has 4 aliphatic rings. The average molecular weight is 440 g/mol. The van der Waals surface area contributed by atoms with Crippen LogP contribution in [0.15, 0.2) is 16.8 Å². The van der Waals surface area contributed by atoms with Gasteiger partial charge in [-0.2, -0.15) is 0 Å². The highest BCUT2D eigenvalue weighted by Gasteiger charge is 2.59. The van der Waals surface area contributed by atoms with Gasteiger partial charge in [0.15, 0.2) is 0 Å². The van der Waals surface area contributed by atoms with Crippen molar-refractivity contribution in [2.24, 2.45) is 57.4 Å². The molecule has 3 nitrogen and oxygen atoms in total. The van der Waals surface area contributed by atoms with Crippen LogP contribution in [0.3, 0.4) is 0 Å². The van der Waals surface area contributed by atoms with Crippen molar-refractivity contribution in [3.05, 3.63) is 22.1 Å². The van der Waals surface area contributed by atoms with E-state index in [-0.39, 0.29) is 6.04 Å². The largest absolute Gasteiger partial charge is 0.0903 e. The van der Waals surface area contributed by atoms with Crippen molar-refractivity contribution >= 4 is 0 Å². The molecule has 0 spiro atoms. The number of azide groups is 1. The Kier molecular flexibility index (Phi) is 7.07. The van der Waals surface area contributed by atoms with Crippen LogP contribution in [0.2, 0.25) is 0 Å². The van der Waals surface area contributed by atoms with E-state index in [2.05, 4.69) is 57.6 Å². The van der Waals surface area contributed by atoms with Gasteiger partial charge < -0.3 is 0 Å². The second-order valence-electron chi connectivity index (χ2n) is 13.1. The van der Waals surface area contributed by atoms with Crippen LogP contribution < -0.4 is 0 Å². The van der Waals surface area contributed by atoms with E-state index in [1.54, 1.807) is 5.57 Å². The summed E-state index contributed by atoms with van der Waals surface area (Å²) in [5.41, 5.74) is 11.5. The minimum atomic E-state index is 0.194. The normalized spacial score (nSPS) is 42.8. The van der Waals surface area contributed by atoms with Crippen molar-refractivity contribution in [3.8, 4) is 0 Å². The number of nitrogens with zero attached hydrogens (tertiary/aromatic N) is 3. The van der Waals surface area contributed by atoms with Crippen molar-refractivity contribution in [1.82, 2.24) is 0 Å². The fourth-order valence-corrected chi connectivity index (χ4v) is 9.48. The molecule has 0 bridgehead atoms. The lowest BCUT2D eigenvalue weighted by atomic mass is 9.47. The van der Waals surface area contributed by atoms with Crippen molar-refractivity contribution in [3.63, 3.8) is 0 Å². The van der Waals surface area contributed by atoms with E-state index < -0.39 is 0 Å². The molecule has 4 rings (SSSR count). The van der Waals surface area contributed by atoms with Crippen LogP contribution in [0.25, 0.3) is 10.4 Å². The molecule has 4 aliphatic carbocycles. The first-order chi connectivity index (χ1) is 15.2. The maximum Gasteiger partial charge on any atom is 0.0411 e. The fraction of sp³-hybridized carbons (Fsp3) is 0.931. The quantitative estimate of drug-likeness (QED) is 0.164. The third-order valence-corrected chi connectivity index (χ3v) is 11.5. The Morgan fingerprint density at radius 1 is 1.06 bits per heavy atom. The third-order valence-electron chi connectivity index (χ3n) is 11.5. The summed E-state index contributed by atoms with van der Waals surface area (Å²) >= 11 is 0. The Morgan fingerprint density at radius 2 is 1.84 bits per heavy atom. The molecule has 3 saturated carbocycles. The summed E-state index contributed by atoms with van der Waals surface area (Å²) in [6.07, 6.45) is 17.2. The first-order valence-corrected chi connectivity index (χ1v) is 14.0. The molecule has 0 aromatic rings. The third kappa shape index (κ3) is 4.06. The number of allylic oxidation sites excluding steroid dienone is 1. The van der Waals surface area contributed by atoms with Crippen LogP contribution >= 0.6 is 0 Å². The van der Waals surface area contributed by atoms with Crippen molar-refractivity contribution in [1.29, 1.82) is 0 Å². The highest BCUT2D eigenvalue weighted by molar-refractivity contribution is 5.26. The van der Waals surface area contributed by atoms with Crippen molar-refractivity contribution in [2.45, 2.75) is 118 Å². The molecule has 0 saturated heterocycles. The Balaban J connectivity index is 1.47. The number of hydrogen-bond donors (Lipinski definition) is 0. The lowest BCUT2D eigenvalue weighted by Crippen LogP contribution is -2.50. The van der Waals surface area contributed by atoms with Gasteiger partial charge in [-0.25, -0.2) is 0 Å². The Bertz CT molecular complexity index is 750. The maximum absolute atomic E-state index is 8.92. The fourth-order valence-electron chi connectivity index (χ4n) is 9.48. The summed E-state index contributed by atoms with van der Waals surface area (Å²) < 4.78 is 0. The van der Waals surface area contributed by atoms with Crippen LogP contribution in [0.1, 0.15) is 112 Å². The van der Waals surface area contributed by atoms with Gasteiger partial charge in [-0.15, -0.1) is 0 Å². The van der Waals surface area contributed by atoms with Gasteiger partial charge in [0.1, 0.15) is 0 Å². The summed E-state index contributed by atoms with van der Waals surface area (Å²) in [6, 6.07) is 0.194. The maximum atomic E-state index is 8.92. The number of rotatable bonds is 7. The molecule has 0 aliphatic heterocycles. The second kappa shape index (κ2) is 9.36. The molecule has 32 heavy (non-hydrogen) atoms. The molecule has 3 fully saturated rings. The molecule has 0 radical (unpaired) electrons. The van der Waals surface area contributed by atoms with E-state index >= 15 is 0 Å². The summed E-state index contributed by atoms with van der Waals surface area (Å²) in [4.78, 5) is 3.12. The zero-order chi connectivity index (χ0) is 23.1. The first-order valence-electron chi connectivity index (χ1n) is 14.0. The van der Waals surface area contributed by atoms with Crippen molar-refractivity contribution in [2.75, 3.05) is 0 Å². The topological polar surface area (TPSA) is 48.8 Å². The summed E-state index contributed by atoms with van der Waals surface area (Å²) in [6.45, 7) is 15.1. The van der Waals surface area contributed by atoms with Gasteiger partial charge >= 0.3 is 0 Å². The molecule has 0 amide bonds. The predicted molar refractivity (Wildman–Crippen MR) is 135 cm³/mol. The minimum Gasteiger partial charge on any atom is -0.0903 e. The molecule has 0 aromatic heterocycles. The lowest BCUT2D eigenvalue weighted by molar-refractivity contribution is -0.0511. The first kappa shape index (κ1) is 24.2. The Hall–Kier alpha value is -0.950. The lowest BCUT2D eigenvalue weighted by Gasteiger charge is -2.58. The van der Waals surface area contributed by atoms with E-state index in [1.807, 2.05) is 0 Å². The Morgan fingerprint density at radius 3 is 2.53 bits per heavy atom. The Labute approximate surface area is 197 Å². The van der Waals surface area contributed by atoms with Gasteiger partial charge in [-0.1, -0.05) is 71.1 Å². The van der Waals surface area contributed by atoms with Gasteiger partial charge in [0, 0.05) is 11.0 Å².